The van der Waals surface area contributed by atoms with Gasteiger partial charge in [0, 0.05) is 12.2 Å². The second-order valence-corrected chi connectivity index (χ2v) is 6.58. The summed E-state index contributed by atoms with van der Waals surface area (Å²) in [6, 6.07) is 0. The van der Waals surface area contributed by atoms with Crippen LogP contribution >= 0.6 is 0 Å². The lowest BCUT2D eigenvalue weighted by atomic mass is 9.82. The second kappa shape index (κ2) is 6.96. The SMILES string of the molecule is CC(C)(NC(=O)C1CN/C2=C/C=C\CCCC2C1)C(=O)NN. The fourth-order valence-electron chi connectivity index (χ4n) is 3.00. The van der Waals surface area contributed by atoms with Crippen molar-refractivity contribution in [1.82, 2.24) is 16.1 Å². The number of piperidine rings is 1. The molecule has 122 valence electrons. The summed E-state index contributed by atoms with van der Waals surface area (Å²) in [4.78, 5) is 24.1. The van der Waals surface area contributed by atoms with Crippen molar-refractivity contribution >= 4 is 11.8 Å². The molecule has 0 saturated carbocycles. The van der Waals surface area contributed by atoms with Gasteiger partial charge in [-0.1, -0.05) is 12.2 Å². The highest BCUT2D eigenvalue weighted by atomic mass is 16.2. The molecule has 6 nitrogen and oxygen atoms in total. The molecule has 6 heteroatoms. The zero-order valence-electron chi connectivity index (χ0n) is 13.3. The maximum absolute atomic E-state index is 12.5. The Morgan fingerprint density at radius 1 is 1.41 bits per heavy atom. The molecule has 2 aliphatic rings. The molecular weight excluding hydrogens is 280 g/mol. The highest BCUT2D eigenvalue weighted by Gasteiger charge is 2.35. The Morgan fingerprint density at radius 3 is 2.91 bits per heavy atom. The Labute approximate surface area is 131 Å². The maximum Gasteiger partial charge on any atom is 0.259 e. The molecule has 2 amide bonds. The predicted molar refractivity (Wildman–Crippen MR) is 85.2 cm³/mol. The van der Waals surface area contributed by atoms with Gasteiger partial charge in [0.2, 0.25) is 5.91 Å². The lowest BCUT2D eigenvalue weighted by Crippen LogP contribution is -2.58. The Morgan fingerprint density at radius 2 is 2.18 bits per heavy atom. The molecule has 1 aliphatic heterocycles. The lowest BCUT2D eigenvalue weighted by Gasteiger charge is -2.34. The summed E-state index contributed by atoms with van der Waals surface area (Å²) in [6.07, 6.45) is 10.5. The Kier molecular flexibility index (Phi) is 5.24. The third-order valence-corrected chi connectivity index (χ3v) is 4.40. The van der Waals surface area contributed by atoms with Crippen LogP contribution in [0.1, 0.15) is 39.5 Å². The number of hydrogen-bond acceptors (Lipinski definition) is 4. The van der Waals surface area contributed by atoms with Crippen molar-refractivity contribution in [3.63, 3.8) is 0 Å². The van der Waals surface area contributed by atoms with Crippen LogP contribution in [-0.4, -0.2) is 23.9 Å². The smallest absolute Gasteiger partial charge is 0.259 e. The molecule has 2 rings (SSSR count). The van der Waals surface area contributed by atoms with Crippen molar-refractivity contribution in [3.8, 4) is 0 Å². The molecule has 0 spiro atoms. The number of carbonyl (C=O) groups excluding carboxylic acids is 2. The fourth-order valence-corrected chi connectivity index (χ4v) is 3.00. The van der Waals surface area contributed by atoms with Crippen LogP contribution in [0.4, 0.5) is 0 Å². The summed E-state index contributed by atoms with van der Waals surface area (Å²) in [5.41, 5.74) is 2.30. The number of carbonyl (C=O) groups is 2. The first-order valence-electron chi connectivity index (χ1n) is 7.87. The molecule has 2 atom stereocenters. The number of rotatable bonds is 3. The molecular formula is C16H26N4O2. The molecule has 0 aromatic heterocycles. The first-order valence-corrected chi connectivity index (χ1v) is 7.87. The third kappa shape index (κ3) is 3.88. The van der Waals surface area contributed by atoms with Crippen molar-refractivity contribution < 1.29 is 9.59 Å². The van der Waals surface area contributed by atoms with Gasteiger partial charge < -0.3 is 10.6 Å². The number of nitrogens with one attached hydrogen (secondary N) is 3. The predicted octanol–water partition coefficient (Wildman–Crippen LogP) is 0.721. The second-order valence-electron chi connectivity index (χ2n) is 6.58. The number of hydrogen-bond donors (Lipinski definition) is 4. The molecule has 5 N–H and O–H groups in total. The molecule has 0 bridgehead atoms. The Bertz CT molecular complexity index is 496. The lowest BCUT2D eigenvalue weighted by molar-refractivity contribution is -0.134. The van der Waals surface area contributed by atoms with E-state index in [2.05, 4.69) is 34.3 Å². The van der Waals surface area contributed by atoms with Crippen LogP contribution in [0.2, 0.25) is 0 Å². The number of nitrogens with two attached hydrogens (primary N) is 1. The van der Waals surface area contributed by atoms with E-state index in [1.54, 1.807) is 13.8 Å². The zero-order valence-corrected chi connectivity index (χ0v) is 13.3. The van der Waals surface area contributed by atoms with E-state index < -0.39 is 11.4 Å². The average Bonchev–Trinajstić information content (AvgIpc) is 2.46. The van der Waals surface area contributed by atoms with Crippen molar-refractivity contribution in [3.05, 3.63) is 23.9 Å². The van der Waals surface area contributed by atoms with Gasteiger partial charge in [0.15, 0.2) is 0 Å². The summed E-state index contributed by atoms with van der Waals surface area (Å²) in [5, 5.41) is 6.17. The van der Waals surface area contributed by atoms with Crippen LogP contribution in [0.25, 0.3) is 0 Å². The zero-order chi connectivity index (χ0) is 16.2. The highest BCUT2D eigenvalue weighted by Crippen LogP contribution is 2.30. The first-order chi connectivity index (χ1) is 10.4. The van der Waals surface area contributed by atoms with E-state index in [1.807, 2.05) is 0 Å². The summed E-state index contributed by atoms with van der Waals surface area (Å²) in [7, 11) is 0. The van der Waals surface area contributed by atoms with Crippen LogP contribution in [0.15, 0.2) is 23.9 Å². The fraction of sp³-hybridized carbons (Fsp3) is 0.625. The molecule has 0 aromatic rings. The van der Waals surface area contributed by atoms with Gasteiger partial charge in [-0.15, -0.1) is 0 Å². The van der Waals surface area contributed by atoms with E-state index in [9.17, 15) is 9.59 Å². The first kappa shape index (κ1) is 16.5. The van der Waals surface area contributed by atoms with Crippen LogP contribution in [0.5, 0.6) is 0 Å². The van der Waals surface area contributed by atoms with Crippen molar-refractivity contribution in [2.75, 3.05) is 6.54 Å². The van der Waals surface area contributed by atoms with E-state index in [0.717, 1.165) is 25.7 Å². The van der Waals surface area contributed by atoms with Crippen LogP contribution in [-0.2, 0) is 9.59 Å². The van der Waals surface area contributed by atoms with Crippen LogP contribution < -0.4 is 21.9 Å². The Balaban J connectivity index is 1.99. The minimum atomic E-state index is -1.01. The molecule has 2 unspecified atom stereocenters. The maximum atomic E-state index is 12.5. The summed E-state index contributed by atoms with van der Waals surface area (Å²) in [5.74, 6) is 4.91. The molecule has 1 aliphatic carbocycles. The van der Waals surface area contributed by atoms with E-state index >= 15 is 0 Å². The highest BCUT2D eigenvalue weighted by molar-refractivity contribution is 5.91. The minimum Gasteiger partial charge on any atom is -0.387 e. The van der Waals surface area contributed by atoms with E-state index in [4.69, 9.17) is 5.84 Å². The van der Waals surface area contributed by atoms with Gasteiger partial charge in [-0.05, 0) is 51.5 Å². The quantitative estimate of drug-likeness (QED) is 0.351. The molecule has 0 radical (unpaired) electrons. The van der Waals surface area contributed by atoms with Gasteiger partial charge in [-0.25, -0.2) is 5.84 Å². The van der Waals surface area contributed by atoms with Gasteiger partial charge in [-0.2, -0.15) is 0 Å². The average molecular weight is 306 g/mol. The number of hydrazine groups is 1. The Hall–Kier alpha value is -1.82. The number of amides is 2. The molecule has 1 fully saturated rings. The molecule has 0 aromatic carbocycles. The van der Waals surface area contributed by atoms with E-state index in [0.29, 0.717) is 12.5 Å². The van der Waals surface area contributed by atoms with Crippen LogP contribution in [0, 0.1) is 11.8 Å². The van der Waals surface area contributed by atoms with Crippen LogP contribution in [0.3, 0.4) is 0 Å². The van der Waals surface area contributed by atoms with Crippen molar-refractivity contribution in [1.29, 1.82) is 0 Å². The minimum absolute atomic E-state index is 0.0993. The number of allylic oxidation sites excluding steroid dienone is 4. The summed E-state index contributed by atoms with van der Waals surface area (Å²) < 4.78 is 0. The molecule has 22 heavy (non-hydrogen) atoms. The van der Waals surface area contributed by atoms with E-state index in [1.165, 1.54) is 5.70 Å². The normalized spacial score (nSPS) is 28.8. The van der Waals surface area contributed by atoms with Crippen molar-refractivity contribution in [2.45, 2.75) is 45.1 Å². The van der Waals surface area contributed by atoms with Crippen molar-refractivity contribution in [2.24, 2.45) is 17.7 Å². The van der Waals surface area contributed by atoms with Gasteiger partial charge in [0.1, 0.15) is 5.54 Å². The van der Waals surface area contributed by atoms with Gasteiger partial charge in [0.25, 0.3) is 5.91 Å². The number of fused-ring (bicyclic) bond motifs is 1. The van der Waals surface area contributed by atoms with E-state index in [-0.39, 0.29) is 11.8 Å². The molecule has 1 heterocycles. The van der Waals surface area contributed by atoms with Gasteiger partial charge >= 0.3 is 0 Å². The largest absolute Gasteiger partial charge is 0.387 e. The molecule has 1 saturated heterocycles. The topological polar surface area (TPSA) is 96.2 Å². The summed E-state index contributed by atoms with van der Waals surface area (Å²) >= 11 is 0. The summed E-state index contributed by atoms with van der Waals surface area (Å²) in [6.45, 7) is 3.90. The van der Waals surface area contributed by atoms with Gasteiger partial charge in [0.05, 0.1) is 5.92 Å². The standard InChI is InChI=1S/C16H26N4O2/c1-16(2,15(22)20-17)19-14(21)12-9-11-7-5-3-4-6-8-13(11)18-10-12/h4,6,8,11-12,18H,3,5,7,9-10,17H2,1-2H3,(H,19,21)(H,20,22)/b6-4-,13-8+. The van der Waals surface area contributed by atoms with Gasteiger partial charge in [-0.3, -0.25) is 15.0 Å². The monoisotopic (exact) mass is 306 g/mol. The third-order valence-electron chi connectivity index (χ3n) is 4.40.